The van der Waals surface area contributed by atoms with Crippen LogP contribution >= 0.6 is 0 Å². The number of aromatic nitrogens is 2. The molecule has 21 heavy (non-hydrogen) atoms. The van der Waals surface area contributed by atoms with Crippen LogP contribution in [0, 0.1) is 11.8 Å². The minimum Gasteiger partial charge on any atom is -0.481 e. The Morgan fingerprint density at radius 3 is 2.14 bits per heavy atom. The first kappa shape index (κ1) is 16.0. The predicted molar refractivity (Wildman–Crippen MR) is 82.6 cm³/mol. The van der Waals surface area contributed by atoms with Crippen LogP contribution in [0.25, 0.3) is 0 Å². The number of ether oxygens (including phenoxy) is 2. The molecule has 0 bridgehead atoms. The van der Waals surface area contributed by atoms with Gasteiger partial charge in [0.1, 0.15) is 6.33 Å². The molecule has 0 saturated heterocycles. The maximum atomic E-state index is 5.29. The summed E-state index contributed by atoms with van der Waals surface area (Å²) in [5.74, 6) is 2.91. The Bertz CT molecular complexity index is 409. The van der Waals surface area contributed by atoms with Crippen molar-refractivity contribution in [2.75, 3.05) is 20.8 Å². The summed E-state index contributed by atoms with van der Waals surface area (Å²) in [6.45, 7) is 4.02. The van der Waals surface area contributed by atoms with Gasteiger partial charge in [0.15, 0.2) is 0 Å². The fourth-order valence-electron chi connectivity index (χ4n) is 3.13. The second-order valence-corrected chi connectivity index (χ2v) is 5.80. The lowest BCUT2D eigenvalue weighted by Gasteiger charge is -2.28. The molecule has 0 radical (unpaired) electrons. The van der Waals surface area contributed by atoms with Gasteiger partial charge in [0, 0.05) is 6.54 Å². The number of rotatable bonds is 7. The van der Waals surface area contributed by atoms with Crippen molar-refractivity contribution in [2.24, 2.45) is 11.8 Å². The van der Waals surface area contributed by atoms with Gasteiger partial charge in [-0.15, -0.1) is 0 Å². The number of methoxy groups -OCH3 is 2. The molecule has 1 aromatic heterocycles. The summed E-state index contributed by atoms with van der Waals surface area (Å²) >= 11 is 0. The quantitative estimate of drug-likeness (QED) is 0.837. The van der Waals surface area contributed by atoms with E-state index in [2.05, 4.69) is 22.2 Å². The van der Waals surface area contributed by atoms with Crippen LogP contribution in [-0.4, -0.2) is 30.7 Å². The van der Waals surface area contributed by atoms with Gasteiger partial charge in [0.2, 0.25) is 11.8 Å². The lowest BCUT2D eigenvalue weighted by atomic mass is 9.81. The topological polar surface area (TPSA) is 56.3 Å². The van der Waals surface area contributed by atoms with E-state index in [-0.39, 0.29) is 0 Å². The zero-order valence-electron chi connectivity index (χ0n) is 13.4. The van der Waals surface area contributed by atoms with Gasteiger partial charge < -0.3 is 14.8 Å². The Labute approximate surface area is 127 Å². The summed E-state index contributed by atoms with van der Waals surface area (Å²) in [5.41, 5.74) is 0.893. The molecule has 0 aromatic carbocycles. The molecule has 1 fully saturated rings. The van der Waals surface area contributed by atoms with E-state index in [0.717, 1.165) is 23.9 Å². The maximum Gasteiger partial charge on any atom is 0.224 e. The highest BCUT2D eigenvalue weighted by atomic mass is 16.5. The van der Waals surface area contributed by atoms with Crippen molar-refractivity contribution < 1.29 is 9.47 Å². The molecule has 1 aromatic rings. The normalized spacial score (nSPS) is 22.0. The van der Waals surface area contributed by atoms with Gasteiger partial charge >= 0.3 is 0 Å². The molecule has 1 N–H and O–H groups in total. The monoisotopic (exact) mass is 293 g/mol. The molecule has 0 amide bonds. The van der Waals surface area contributed by atoms with Crippen LogP contribution in [0.15, 0.2) is 6.33 Å². The molecule has 5 nitrogen and oxygen atoms in total. The number of hydrogen-bond acceptors (Lipinski definition) is 5. The van der Waals surface area contributed by atoms with Crippen molar-refractivity contribution in [1.82, 2.24) is 15.3 Å². The van der Waals surface area contributed by atoms with Crippen LogP contribution in [0.1, 0.15) is 44.6 Å². The van der Waals surface area contributed by atoms with Crippen LogP contribution in [-0.2, 0) is 6.54 Å². The SMILES string of the molecule is CCC1CCC(CNCc2c(OC)ncnc2OC)CC1. The summed E-state index contributed by atoms with van der Waals surface area (Å²) in [4.78, 5) is 8.28. The minimum absolute atomic E-state index is 0.587. The maximum absolute atomic E-state index is 5.29. The Balaban J connectivity index is 1.83. The zero-order chi connectivity index (χ0) is 15.1. The first-order chi connectivity index (χ1) is 10.3. The van der Waals surface area contributed by atoms with Gasteiger partial charge in [0.05, 0.1) is 19.8 Å². The highest BCUT2D eigenvalue weighted by Gasteiger charge is 2.20. The van der Waals surface area contributed by atoms with E-state index in [1.807, 2.05) is 0 Å². The van der Waals surface area contributed by atoms with Gasteiger partial charge in [0.25, 0.3) is 0 Å². The Morgan fingerprint density at radius 2 is 1.62 bits per heavy atom. The minimum atomic E-state index is 0.587. The molecule has 0 atom stereocenters. The van der Waals surface area contributed by atoms with Crippen LogP contribution in [0.2, 0.25) is 0 Å². The van der Waals surface area contributed by atoms with Gasteiger partial charge in [-0.2, -0.15) is 0 Å². The summed E-state index contributed by atoms with van der Waals surface area (Å²) in [5, 5.41) is 3.51. The van der Waals surface area contributed by atoms with Crippen molar-refractivity contribution in [1.29, 1.82) is 0 Å². The largest absolute Gasteiger partial charge is 0.481 e. The van der Waals surface area contributed by atoms with Crippen molar-refractivity contribution in [3.63, 3.8) is 0 Å². The predicted octanol–water partition coefficient (Wildman–Crippen LogP) is 2.80. The first-order valence-corrected chi connectivity index (χ1v) is 7.91. The molecule has 0 spiro atoms. The van der Waals surface area contributed by atoms with Crippen LogP contribution in [0.4, 0.5) is 0 Å². The zero-order valence-corrected chi connectivity index (χ0v) is 13.4. The third-order valence-electron chi connectivity index (χ3n) is 4.53. The average molecular weight is 293 g/mol. The molecule has 118 valence electrons. The summed E-state index contributed by atoms with van der Waals surface area (Å²) in [7, 11) is 3.24. The van der Waals surface area contributed by atoms with E-state index < -0.39 is 0 Å². The molecular weight excluding hydrogens is 266 g/mol. The lowest BCUT2D eigenvalue weighted by Crippen LogP contribution is -2.26. The Kier molecular flexibility index (Phi) is 6.23. The van der Waals surface area contributed by atoms with E-state index in [0.29, 0.717) is 18.3 Å². The van der Waals surface area contributed by atoms with Crippen LogP contribution in [0.3, 0.4) is 0 Å². The van der Waals surface area contributed by atoms with Crippen LogP contribution < -0.4 is 14.8 Å². The Morgan fingerprint density at radius 1 is 1.05 bits per heavy atom. The third kappa shape index (κ3) is 4.30. The van der Waals surface area contributed by atoms with Gasteiger partial charge in [-0.05, 0) is 31.2 Å². The highest BCUT2D eigenvalue weighted by molar-refractivity contribution is 5.34. The van der Waals surface area contributed by atoms with Gasteiger partial charge in [-0.1, -0.05) is 26.2 Å². The van der Waals surface area contributed by atoms with Gasteiger partial charge in [-0.3, -0.25) is 0 Å². The van der Waals surface area contributed by atoms with Crippen molar-refractivity contribution in [3.8, 4) is 11.8 Å². The molecule has 0 aliphatic heterocycles. The summed E-state index contributed by atoms with van der Waals surface area (Å²) in [6.07, 6.45) is 8.23. The van der Waals surface area contributed by atoms with Crippen LogP contribution in [0.5, 0.6) is 11.8 Å². The number of nitrogens with zero attached hydrogens (tertiary/aromatic N) is 2. The average Bonchev–Trinajstić information content (AvgIpc) is 2.55. The van der Waals surface area contributed by atoms with Gasteiger partial charge in [-0.25, -0.2) is 9.97 Å². The highest BCUT2D eigenvalue weighted by Crippen LogP contribution is 2.30. The van der Waals surface area contributed by atoms with Crippen molar-refractivity contribution in [3.05, 3.63) is 11.9 Å². The summed E-state index contributed by atoms with van der Waals surface area (Å²) in [6, 6.07) is 0. The van der Waals surface area contributed by atoms with E-state index in [9.17, 15) is 0 Å². The fourth-order valence-corrected chi connectivity index (χ4v) is 3.13. The van der Waals surface area contributed by atoms with Crippen molar-refractivity contribution in [2.45, 2.75) is 45.6 Å². The standard InChI is InChI=1S/C16H27N3O2/c1-4-12-5-7-13(8-6-12)9-17-10-14-15(20-2)18-11-19-16(14)21-3/h11-13,17H,4-10H2,1-3H3. The molecule has 2 rings (SSSR count). The molecule has 1 saturated carbocycles. The Hall–Kier alpha value is -1.36. The van der Waals surface area contributed by atoms with Crippen molar-refractivity contribution >= 4 is 0 Å². The van der Waals surface area contributed by atoms with E-state index in [4.69, 9.17) is 9.47 Å². The number of hydrogen-bond donors (Lipinski definition) is 1. The second kappa shape index (κ2) is 8.17. The third-order valence-corrected chi connectivity index (χ3v) is 4.53. The fraction of sp³-hybridized carbons (Fsp3) is 0.750. The lowest BCUT2D eigenvalue weighted by molar-refractivity contribution is 0.261. The first-order valence-electron chi connectivity index (χ1n) is 7.91. The summed E-state index contributed by atoms with van der Waals surface area (Å²) < 4.78 is 10.6. The van der Waals surface area contributed by atoms with E-state index in [1.165, 1.54) is 38.4 Å². The molecule has 1 aliphatic carbocycles. The molecule has 5 heteroatoms. The molecular formula is C16H27N3O2. The molecule has 0 unspecified atom stereocenters. The smallest absolute Gasteiger partial charge is 0.224 e. The molecule has 1 aliphatic rings. The van der Waals surface area contributed by atoms with E-state index in [1.54, 1.807) is 14.2 Å². The number of nitrogens with one attached hydrogen (secondary N) is 1. The molecule has 1 heterocycles. The van der Waals surface area contributed by atoms with E-state index >= 15 is 0 Å². The second-order valence-electron chi connectivity index (χ2n) is 5.80.